The number of carbonyl (C=O) groups is 2. The molecule has 1 unspecified atom stereocenters. The summed E-state index contributed by atoms with van der Waals surface area (Å²) in [5.74, 6) is 0.602. The molecule has 1 aliphatic rings. The first-order chi connectivity index (χ1) is 14.6. The molecule has 0 N–H and O–H groups in total. The van der Waals surface area contributed by atoms with Crippen LogP contribution >= 0.6 is 0 Å². The molecule has 1 aliphatic carbocycles. The molecular formula is C26H25NO3. The Morgan fingerprint density at radius 3 is 2.23 bits per heavy atom. The fourth-order valence-electron chi connectivity index (χ4n) is 3.91. The van der Waals surface area contributed by atoms with Crippen LogP contribution in [0, 0.1) is 0 Å². The number of rotatable bonds is 8. The van der Waals surface area contributed by atoms with Gasteiger partial charge in [-0.1, -0.05) is 72.8 Å². The molecule has 0 saturated carbocycles. The average molecular weight is 399 g/mol. The molecule has 0 spiro atoms. The summed E-state index contributed by atoms with van der Waals surface area (Å²) in [7, 11) is 0. The number of benzene rings is 3. The SMILES string of the molecule is CC(=O)CN(Cc1ccccc1)C(=O)C1Cc2c(OCc3ccccc3)cccc21. The second-order valence-electron chi connectivity index (χ2n) is 7.74. The Balaban J connectivity index is 1.48. The molecule has 1 atom stereocenters. The smallest absolute Gasteiger partial charge is 0.231 e. The normalized spacial score (nSPS) is 14.4. The second kappa shape index (κ2) is 8.95. The third-order valence-electron chi connectivity index (χ3n) is 5.43. The molecule has 0 saturated heterocycles. The van der Waals surface area contributed by atoms with Crippen LogP contribution < -0.4 is 4.74 Å². The van der Waals surface area contributed by atoms with Crippen LogP contribution in [0.15, 0.2) is 78.9 Å². The molecule has 4 rings (SSSR count). The topological polar surface area (TPSA) is 46.6 Å². The Hall–Kier alpha value is -3.40. The lowest BCUT2D eigenvalue weighted by Gasteiger charge is -2.35. The van der Waals surface area contributed by atoms with Gasteiger partial charge in [0.2, 0.25) is 5.91 Å². The van der Waals surface area contributed by atoms with Crippen LogP contribution in [0.5, 0.6) is 5.75 Å². The first kappa shape index (κ1) is 19.9. The molecule has 0 radical (unpaired) electrons. The number of hydrogen-bond donors (Lipinski definition) is 0. The van der Waals surface area contributed by atoms with Gasteiger partial charge in [-0.3, -0.25) is 9.59 Å². The number of ketones is 1. The Morgan fingerprint density at radius 1 is 0.900 bits per heavy atom. The van der Waals surface area contributed by atoms with Gasteiger partial charge in [0.25, 0.3) is 0 Å². The minimum atomic E-state index is -0.219. The minimum Gasteiger partial charge on any atom is -0.489 e. The van der Waals surface area contributed by atoms with Crippen molar-refractivity contribution in [3.05, 3.63) is 101 Å². The van der Waals surface area contributed by atoms with Crippen LogP contribution in [0.1, 0.15) is 35.1 Å². The summed E-state index contributed by atoms with van der Waals surface area (Å²) in [6.07, 6.45) is 0.641. The first-order valence-corrected chi connectivity index (χ1v) is 10.2. The van der Waals surface area contributed by atoms with Gasteiger partial charge in [-0.25, -0.2) is 0 Å². The summed E-state index contributed by atoms with van der Waals surface area (Å²) in [4.78, 5) is 26.7. The molecule has 1 amide bonds. The first-order valence-electron chi connectivity index (χ1n) is 10.2. The molecular weight excluding hydrogens is 374 g/mol. The standard InChI is InChI=1S/C26H25NO3/c1-19(28)16-27(17-20-9-4-2-5-10-20)26(29)24-15-23-22(24)13-8-14-25(23)30-18-21-11-6-3-7-12-21/h2-14,24H,15-18H2,1H3. The van der Waals surface area contributed by atoms with Gasteiger partial charge < -0.3 is 9.64 Å². The van der Waals surface area contributed by atoms with Gasteiger partial charge in [-0.15, -0.1) is 0 Å². The molecule has 0 fully saturated rings. The van der Waals surface area contributed by atoms with E-state index in [1.165, 1.54) is 6.92 Å². The monoisotopic (exact) mass is 399 g/mol. The van der Waals surface area contributed by atoms with Crippen LogP contribution in [0.3, 0.4) is 0 Å². The van der Waals surface area contributed by atoms with E-state index in [-0.39, 0.29) is 24.2 Å². The van der Waals surface area contributed by atoms with Gasteiger partial charge in [0.1, 0.15) is 18.1 Å². The van der Waals surface area contributed by atoms with Gasteiger partial charge in [-0.2, -0.15) is 0 Å². The zero-order chi connectivity index (χ0) is 20.9. The van der Waals surface area contributed by atoms with E-state index >= 15 is 0 Å². The number of carbonyl (C=O) groups excluding carboxylic acids is 2. The number of hydrogen-bond acceptors (Lipinski definition) is 3. The highest BCUT2D eigenvalue weighted by atomic mass is 16.5. The van der Waals surface area contributed by atoms with E-state index in [1.54, 1.807) is 4.90 Å². The maximum atomic E-state index is 13.3. The van der Waals surface area contributed by atoms with Gasteiger partial charge >= 0.3 is 0 Å². The van der Waals surface area contributed by atoms with Crippen LogP contribution in [0.2, 0.25) is 0 Å². The molecule has 0 aromatic heterocycles. The molecule has 0 heterocycles. The Labute approximate surface area is 177 Å². The number of fused-ring (bicyclic) bond motifs is 1. The Kier molecular flexibility index (Phi) is 5.94. The van der Waals surface area contributed by atoms with Gasteiger partial charge in [0.05, 0.1) is 12.5 Å². The second-order valence-corrected chi connectivity index (χ2v) is 7.74. The summed E-state index contributed by atoms with van der Waals surface area (Å²) in [6, 6.07) is 25.7. The van der Waals surface area contributed by atoms with Crippen LogP contribution in [-0.4, -0.2) is 23.1 Å². The van der Waals surface area contributed by atoms with E-state index in [0.717, 1.165) is 28.0 Å². The lowest BCUT2D eigenvalue weighted by molar-refractivity contribution is -0.137. The van der Waals surface area contributed by atoms with Crippen molar-refractivity contribution >= 4 is 11.7 Å². The summed E-state index contributed by atoms with van der Waals surface area (Å²) < 4.78 is 6.02. The van der Waals surface area contributed by atoms with Crippen molar-refractivity contribution in [2.75, 3.05) is 6.54 Å². The predicted molar refractivity (Wildman–Crippen MR) is 116 cm³/mol. The lowest BCUT2D eigenvalue weighted by Crippen LogP contribution is -2.41. The van der Waals surface area contributed by atoms with Crippen LogP contribution in [0.25, 0.3) is 0 Å². The van der Waals surface area contributed by atoms with E-state index in [9.17, 15) is 9.59 Å². The third-order valence-corrected chi connectivity index (χ3v) is 5.43. The molecule has 152 valence electrons. The summed E-state index contributed by atoms with van der Waals surface area (Å²) >= 11 is 0. The lowest BCUT2D eigenvalue weighted by atomic mass is 9.76. The molecule has 4 nitrogen and oxygen atoms in total. The van der Waals surface area contributed by atoms with Crippen LogP contribution in [0.4, 0.5) is 0 Å². The molecule has 0 bridgehead atoms. The van der Waals surface area contributed by atoms with Crippen molar-refractivity contribution in [1.29, 1.82) is 0 Å². The minimum absolute atomic E-state index is 0.00163. The largest absolute Gasteiger partial charge is 0.489 e. The van der Waals surface area contributed by atoms with Gasteiger partial charge in [0.15, 0.2) is 0 Å². The average Bonchev–Trinajstić information content (AvgIpc) is 2.74. The summed E-state index contributed by atoms with van der Waals surface area (Å²) in [6.45, 7) is 2.59. The molecule has 30 heavy (non-hydrogen) atoms. The quantitative estimate of drug-likeness (QED) is 0.559. The molecule has 0 aliphatic heterocycles. The maximum Gasteiger partial charge on any atom is 0.231 e. The highest BCUT2D eigenvalue weighted by molar-refractivity contribution is 5.91. The predicted octanol–water partition coefficient (Wildman–Crippen LogP) is 4.52. The number of ether oxygens (including phenoxy) is 1. The van der Waals surface area contributed by atoms with Crippen molar-refractivity contribution in [1.82, 2.24) is 4.90 Å². The number of Topliss-reactive ketones (excluding diaryl/α,β-unsaturated/α-hetero) is 1. The van der Waals surface area contributed by atoms with E-state index in [2.05, 4.69) is 0 Å². The Morgan fingerprint density at radius 2 is 1.57 bits per heavy atom. The zero-order valence-electron chi connectivity index (χ0n) is 17.1. The van der Waals surface area contributed by atoms with E-state index in [4.69, 9.17) is 4.74 Å². The third kappa shape index (κ3) is 4.43. The van der Waals surface area contributed by atoms with Crippen molar-refractivity contribution in [3.63, 3.8) is 0 Å². The van der Waals surface area contributed by atoms with Crippen molar-refractivity contribution in [2.24, 2.45) is 0 Å². The highest BCUT2D eigenvalue weighted by Gasteiger charge is 2.37. The van der Waals surface area contributed by atoms with E-state index < -0.39 is 0 Å². The number of nitrogens with zero attached hydrogens (tertiary/aromatic N) is 1. The molecule has 3 aromatic rings. The van der Waals surface area contributed by atoms with Crippen molar-refractivity contribution in [2.45, 2.75) is 32.4 Å². The van der Waals surface area contributed by atoms with Gasteiger partial charge in [0, 0.05) is 6.54 Å². The summed E-state index contributed by atoms with van der Waals surface area (Å²) in [5, 5.41) is 0. The fraction of sp³-hybridized carbons (Fsp3) is 0.231. The zero-order valence-corrected chi connectivity index (χ0v) is 17.1. The molecule has 3 aromatic carbocycles. The van der Waals surface area contributed by atoms with Crippen molar-refractivity contribution < 1.29 is 14.3 Å². The van der Waals surface area contributed by atoms with Crippen molar-refractivity contribution in [3.8, 4) is 5.75 Å². The summed E-state index contributed by atoms with van der Waals surface area (Å²) in [5.41, 5.74) is 4.23. The number of amides is 1. The fourth-order valence-corrected chi connectivity index (χ4v) is 3.91. The maximum absolute atomic E-state index is 13.3. The molecule has 4 heteroatoms. The Bertz CT molecular complexity index is 1030. The van der Waals surface area contributed by atoms with E-state index in [0.29, 0.717) is 19.6 Å². The highest BCUT2D eigenvalue weighted by Crippen LogP contribution is 2.42. The van der Waals surface area contributed by atoms with E-state index in [1.807, 2.05) is 78.9 Å². The van der Waals surface area contributed by atoms with Gasteiger partial charge in [-0.05, 0) is 41.7 Å². The van der Waals surface area contributed by atoms with Crippen LogP contribution in [-0.2, 0) is 29.2 Å².